The van der Waals surface area contributed by atoms with Gasteiger partial charge in [0.05, 0.1) is 5.52 Å². The molecule has 0 aliphatic carbocycles. The third kappa shape index (κ3) is 3.58. The largest absolute Gasteiger partial charge is 0.477 e. The van der Waals surface area contributed by atoms with Crippen LogP contribution >= 0.6 is 0 Å². The summed E-state index contributed by atoms with van der Waals surface area (Å²) in [5.41, 5.74) is 1.18. The molecule has 26 heavy (non-hydrogen) atoms. The van der Waals surface area contributed by atoms with Crippen LogP contribution in [0.5, 0.6) is 0 Å². The molecule has 8 heteroatoms. The van der Waals surface area contributed by atoms with Gasteiger partial charge in [0.1, 0.15) is 12.1 Å². The van der Waals surface area contributed by atoms with Crippen LogP contribution in [0, 0.1) is 0 Å². The molecule has 0 saturated carbocycles. The number of aromatic nitrogens is 2. The predicted molar refractivity (Wildman–Crippen MR) is 99.5 cm³/mol. The Morgan fingerprint density at radius 2 is 1.73 bits per heavy atom. The van der Waals surface area contributed by atoms with Gasteiger partial charge in [0.15, 0.2) is 5.57 Å². The fourth-order valence-electron chi connectivity index (χ4n) is 2.83. The van der Waals surface area contributed by atoms with Gasteiger partial charge in [-0.05, 0) is 31.5 Å². The van der Waals surface area contributed by atoms with Crippen LogP contribution in [0.3, 0.4) is 0 Å². The van der Waals surface area contributed by atoms with Gasteiger partial charge in [-0.3, -0.25) is 0 Å². The number of nitrogens with zero attached hydrogens (tertiary/aromatic N) is 4. The molecule has 0 radical (unpaired) electrons. The number of benzene rings is 1. The summed E-state index contributed by atoms with van der Waals surface area (Å²) in [7, 11) is 3.82. The smallest absolute Gasteiger partial charge is 0.344 e. The third-order valence-electron chi connectivity index (χ3n) is 4.06. The fraction of sp³-hybridized carbons (Fsp3) is 0.333. The van der Waals surface area contributed by atoms with E-state index in [1.54, 1.807) is 11.8 Å². The van der Waals surface area contributed by atoms with E-state index in [1.807, 2.05) is 44.1 Å². The van der Waals surface area contributed by atoms with Gasteiger partial charge in [-0.25, -0.2) is 19.6 Å². The van der Waals surface area contributed by atoms with E-state index in [0.29, 0.717) is 17.9 Å². The maximum Gasteiger partial charge on any atom is 0.344 e. The number of hydrogen-bond donors (Lipinski definition) is 2. The van der Waals surface area contributed by atoms with E-state index in [9.17, 15) is 19.8 Å². The second-order valence-electron chi connectivity index (χ2n) is 5.82. The minimum absolute atomic E-state index is 0.197. The summed E-state index contributed by atoms with van der Waals surface area (Å²) >= 11 is 0. The Labute approximate surface area is 151 Å². The van der Waals surface area contributed by atoms with Gasteiger partial charge in [-0.1, -0.05) is 6.92 Å². The third-order valence-corrected chi connectivity index (χ3v) is 4.06. The summed E-state index contributed by atoms with van der Waals surface area (Å²) in [6.45, 7) is 3.91. The van der Waals surface area contributed by atoms with E-state index in [1.165, 1.54) is 6.33 Å². The summed E-state index contributed by atoms with van der Waals surface area (Å²) in [6.07, 6.45) is 1.63. The zero-order chi connectivity index (χ0) is 19.4. The van der Waals surface area contributed by atoms with Crippen molar-refractivity contribution in [1.82, 2.24) is 9.97 Å². The van der Waals surface area contributed by atoms with E-state index < -0.39 is 17.5 Å². The Balaban J connectivity index is 2.77. The van der Waals surface area contributed by atoms with Gasteiger partial charge in [-0.15, -0.1) is 0 Å². The van der Waals surface area contributed by atoms with Crippen molar-refractivity contribution in [3.63, 3.8) is 0 Å². The van der Waals surface area contributed by atoms with Crippen molar-refractivity contribution < 1.29 is 19.8 Å². The number of hydrogen-bond acceptors (Lipinski definition) is 6. The lowest BCUT2D eigenvalue weighted by Gasteiger charge is -2.26. The first-order chi connectivity index (χ1) is 12.3. The second kappa shape index (κ2) is 7.81. The monoisotopic (exact) mass is 358 g/mol. The Morgan fingerprint density at radius 1 is 1.08 bits per heavy atom. The van der Waals surface area contributed by atoms with Gasteiger partial charge >= 0.3 is 11.9 Å². The quantitative estimate of drug-likeness (QED) is 0.441. The van der Waals surface area contributed by atoms with Gasteiger partial charge in [-0.2, -0.15) is 0 Å². The summed E-state index contributed by atoms with van der Waals surface area (Å²) in [5, 5.41) is 19.4. The molecule has 0 aliphatic rings. The number of fused-ring (bicyclic) bond motifs is 1. The molecule has 1 aromatic heterocycles. The number of aliphatic carboxylic acids is 2. The van der Waals surface area contributed by atoms with Crippen molar-refractivity contribution >= 4 is 34.3 Å². The van der Waals surface area contributed by atoms with Crippen molar-refractivity contribution in [2.75, 3.05) is 30.4 Å². The van der Waals surface area contributed by atoms with Gasteiger partial charge < -0.3 is 20.0 Å². The van der Waals surface area contributed by atoms with Crippen LogP contribution in [-0.2, 0) is 9.59 Å². The maximum atomic E-state index is 11.5. The number of carbonyl (C=O) groups is 2. The Hall–Kier alpha value is -3.16. The van der Waals surface area contributed by atoms with Crippen LogP contribution in [0.25, 0.3) is 10.9 Å². The van der Waals surface area contributed by atoms with Crippen LogP contribution in [0.15, 0.2) is 35.8 Å². The number of rotatable bonds is 7. The molecule has 0 fully saturated rings. The highest BCUT2D eigenvalue weighted by Crippen LogP contribution is 2.30. The highest BCUT2D eigenvalue weighted by molar-refractivity contribution is 6.13. The number of allylic oxidation sites excluding steroid dienone is 1. The lowest BCUT2D eigenvalue weighted by Crippen LogP contribution is -2.28. The molecule has 0 saturated heterocycles. The molecule has 0 atom stereocenters. The fourth-order valence-corrected chi connectivity index (χ4v) is 2.83. The average Bonchev–Trinajstić information content (AvgIpc) is 2.60. The summed E-state index contributed by atoms with van der Waals surface area (Å²) in [4.78, 5) is 35.1. The molecular formula is C18H22N4O4. The minimum Gasteiger partial charge on any atom is -0.477 e. The number of carboxylic acid groups (broad SMARTS) is 2. The first-order valence-electron chi connectivity index (χ1n) is 8.21. The van der Waals surface area contributed by atoms with Crippen LogP contribution in [0.1, 0.15) is 20.3 Å². The molecule has 0 amide bonds. The lowest BCUT2D eigenvalue weighted by molar-refractivity contribution is -0.140. The van der Waals surface area contributed by atoms with E-state index in [0.717, 1.165) is 11.1 Å². The maximum absolute atomic E-state index is 11.5. The van der Waals surface area contributed by atoms with Crippen molar-refractivity contribution in [3.05, 3.63) is 35.8 Å². The Morgan fingerprint density at radius 3 is 2.23 bits per heavy atom. The highest BCUT2D eigenvalue weighted by Gasteiger charge is 2.26. The topological polar surface area (TPSA) is 107 Å². The van der Waals surface area contributed by atoms with Gasteiger partial charge in [0.2, 0.25) is 0 Å². The lowest BCUT2D eigenvalue weighted by atomic mass is 10.1. The zero-order valence-corrected chi connectivity index (χ0v) is 15.2. The molecular weight excluding hydrogens is 336 g/mol. The molecule has 2 N–H and O–H groups in total. The minimum atomic E-state index is -1.47. The van der Waals surface area contributed by atoms with Crippen molar-refractivity contribution in [3.8, 4) is 0 Å². The molecule has 1 heterocycles. The second-order valence-corrected chi connectivity index (χ2v) is 5.82. The first-order valence-corrected chi connectivity index (χ1v) is 8.21. The molecule has 0 bridgehead atoms. The van der Waals surface area contributed by atoms with Crippen LogP contribution in [0.4, 0.5) is 11.5 Å². The van der Waals surface area contributed by atoms with Crippen LogP contribution < -0.4 is 9.80 Å². The zero-order valence-electron chi connectivity index (χ0n) is 15.2. The summed E-state index contributed by atoms with van der Waals surface area (Å²) in [5.74, 6) is -2.46. The standard InChI is InChI=1S/C18H22N4O4/c1-5-14(15(17(23)24)18(25)26)22(6-2)16-12-9-11(21(3)4)7-8-13(12)19-10-20-16/h7-10H,5-6H2,1-4H3,(H,23,24)(H,25,26). The van der Waals surface area contributed by atoms with Crippen molar-refractivity contribution in [2.24, 2.45) is 0 Å². The molecule has 0 spiro atoms. The van der Waals surface area contributed by atoms with E-state index in [-0.39, 0.29) is 12.1 Å². The molecule has 1 aromatic carbocycles. The SMILES string of the molecule is CCC(=C(C(=O)O)C(=O)O)N(CC)c1ncnc2ccc(N(C)C)cc12. The number of anilines is 2. The molecule has 138 valence electrons. The molecule has 2 rings (SSSR count). The molecule has 0 unspecified atom stereocenters. The predicted octanol–water partition coefficient (Wildman–Crippen LogP) is 2.36. The Bertz CT molecular complexity index is 861. The first kappa shape index (κ1) is 19.2. The summed E-state index contributed by atoms with van der Waals surface area (Å²) in [6, 6.07) is 5.68. The van der Waals surface area contributed by atoms with E-state index in [2.05, 4.69) is 9.97 Å². The normalized spacial score (nSPS) is 10.5. The molecule has 2 aromatic rings. The molecule has 0 aliphatic heterocycles. The van der Waals surface area contributed by atoms with Crippen molar-refractivity contribution in [1.29, 1.82) is 0 Å². The van der Waals surface area contributed by atoms with Crippen LogP contribution in [0.2, 0.25) is 0 Å². The van der Waals surface area contributed by atoms with E-state index >= 15 is 0 Å². The van der Waals surface area contributed by atoms with E-state index in [4.69, 9.17) is 0 Å². The van der Waals surface area contributed by atoms with Crippen LogP contribution in [-0.4, -0.2) is 52.8 Å². The van der Waals surface area contributed by atoms with Gasteiger partial charge in [0, 0.05) is 37.4 Å². The highest BCUT2D eigenvalue weighted by atomic mass is 16.4. The Kier molecular flexibility index (Phi) is 5.76. The average molecular weight is 358 g/mol. The molecule has 8 nitrogen and oxygen atoms in total. The van der Waals surface area contributed by atoms with Crippen molar-refractivity contribution in [2.45, 2.75) is 20.3 Å². The number of carboxylic acids is 2. The van der Waals surface area contributed by atoms with Gasteiger partial charge in [0.25, 0.3) is 0 Å². The summed E-state index contributed by atoms with van der Waals surface area (Å²) < 4.78 is 0.